The minimum atomic E-state index is 0.398. The van der Waals surface area contributed by atoms with E-state index in [1.165, 1.54) is 5.56 Å². The monoisotopic (exact) mass is 359 g/mol. The van der Waals surface area contributed by atoms with Gasteiger partial charge in [0.05, 0.1) is 7.11 Å². The predicted molar refractivity (Wildman–Crippen MR) is 95.0 cm³/mol. The first-order chi connectivity index (χ1) is 12.2. The average molecular weight is 360 g/mol. The number of rotatable bonds is 7. The van der Waals surface area contributed by atoms with Crippen LogP contribution in [0, 0.1) is 6.92 Å². The molecule has 2 N–H and O–H groups in total. The van der Waals surface area contributed by atoms with E-state index in [4.69, 9.17) is 21.1 Å². The molecule has 3 rings (SSSR count). The molecule has 0 spiro atoms. The Hall–Kier alpha value is -2.80. The number of ether oxygens (including phenoxy) is 2. The smallest absolute Gasteiger partial charge is 0.263 e. The fraction of sp³-hybridized carbons (Fsp3) is 0.235. The van der Waals surface area contributed by atoms with Crippen molar-refractivity contribution in [2.24, 2.45) is 0 Å². The van der Waals surface area contributed by atoms with Crippen molar-refractivity contribution in [2.75, 3.05) is 12.4 Å². The van der Waals surface area contributed by atoms with E-state index < -0.39 is 0 Å². The van der Waals surface area contributed by atoms with E-state index in [9.17, 15) is 0 Å². The molecule has 0 radical (unpaired) electrons. The lowest BCUT2D eigenvalue weighted by Gasteiger charge is -2.14. The van der Waals surface area contributed by atoms with Gasteiger partial charge in [0, 0.05) is 17.6 Å². The largest absolute Gasteiger partial charge is 0.493 e. The maximum atomic E-state index is 6.36. The third-order valence-electron chi connectivity index (χ3n) is 3.63. The molecule has 1 heterocycles. The molecule has 0 aliphatic rings. The Morgan fingerprint density at radius 2 is 1.96 bits per heavy atom. The number of H-pyrrole nitrogens is 1. The molecule has 0 saturated carbocycles. The fourth-order valence-electron chi connectivity index (χ4n) is 2.24. The van der Waals surface area contributed by atoms with Gasteiger partial charge in [0.1, 0.15) is 6.61 Å². The number of nitrogens with one attached hydrogen (secondary N) is 2. The number of benzene rings is 2. The van der Waals surface area contributed by atoms with Gasteiger partial charge in [0.2, 0.25) is 0 Å². The normalized spacial score (nSPS) is 10.5. The summed E-state index contributed by atoms with van der Waals surface area (Å²) < 4.78 is 11.3. The van der Waals surface area contributed by atoms with Crippen molar-refractivity contribution in [3.8, 4) is 11.5 Å². The van der Waals surface area contributed by atoms with Crippen molar-refractivity contribution in [1.29, 1.82) is 0 Å². The molecular weight excluding hydrogens is 342 g/mol. The Balaban J connectivity index is 1.71. The maximum Gasteiger partial charge on any atom is 0.263 e. The lowest BCUT2D eigenvalue weighted by Crippen LogP contribution is -2.04. The van der Waals surface area contributed by atoms with Gasteiger partial charge in [-0.15, -0.1) is 5.10 Å². The van der Waals surface area contributed by atoms with Gasteiger partial charge < -0.3 is 14.8 Å². The molecule has 8 heteroatoms. The zero-order chi connectivity index (χ0) is 17.6. The number of anilines is 1. The molecule has 0 aliphatic carbocycles. The standard InChI is InChI=1S/C17H18ClN5O2/c1-11-3-5-12(6-4-11)10-25-16-8-14(18)13(7-15(16)24-2)9-19-17-20-22-23-21-17/h3-8H,9-10H2,1-2H3,(H2,19,20,21,22,23). The Morgan fingerprint density at radius 1 is 1.16 bits per heavy atom. The van der Waals surface area contributed by atoms with E-state index in [-0.39, 0.29) is 0 Å². The molecule has 0 aliphatic heterocycles. The second kappa shape index (κ2) is 7.85. The minimum Gasteiger partial charge on any atom is -0.493 e. The van der Waals surface area contributed by atoms with Crippen LogP contribution in [0.3, 0.4) is 0 Å². The molecule has 3 aromatic rings. The Kier molecular flexibility index (Phi) is 5.35. The van der Waals surface area contributed by atoms with Crippen molar-refractivity contribution < 1.29 is 9.47 Å². The van der Waals surface area contributed by atoms with Crippen molar-refractivity contribution in [3.63, 3.8) is 0 Å². The lowest BCUT2D eigenvalue weighted by atomic mass is 10.1. The van der Waals surface area contributed by atoms with E-state index in [1.807, 2.05) is 18.2 Å². The Labute approximate surface area is 150 Å². The van der Waals surface area contributed by atoms with E-state index in [0.29, 0.717) is 35.6 Å². The Morgan fingerprint density at radius 3 is 2.64 bits per heavy atom. The summed E-state index contributed by atoms with van der Waals surface area (Å²) in [6.45, 7) is 2.93. The molecule has 7 nitrogen and oxygen atoms in total. The SMILES string of the molecule is COc1cc(CNc2nn[nH]n2)c(Cl)cc1OCc1ccc(C)cc1. The third kappa shape index (κ3) is 4.39. The molecule has 1 aromatic heterocycles. The first-order valence-corrected chi connectivity index (χ1v) is 8.05. The third-order valence-corrected chi connectivity index (χ3v) is 3.98. The van der Waals surface area contributed by atoms with Gasteiger partial charge in [-0.2, -0.15) is 5.21 Å². The van der Waals surface area contributed by atoms with E-state index in [0.717, 1.165) is 11.1 Å². The summed E-state index contributed by atoms with van der Waals surface area (Å²) in [7, 11) is 1.60. The van der Waals surface area contributed by atoms with Crippen LogP contribution < -0.4 is 14.8 Å². The number of hydrogen-bond donors (Lipinski definition) is 2. The summed E-state index contributed by atoms with van der Waals surface area (Å²) in [6.07, 6.45) is 0. The highest BCUT2D eigenvalue weighted by Crippen LogP contribution is 2.34. The van der Waals surface area contributed by atoms with Gasteiger partial charge in [-0.3, -0.25) is 0 Å². The maximum absolute atomic E-state index is 6.36. The van der Waals surface area contributed by atoms with Gasteiger partial charge in [-0.05, 0) is 29.3 Å². The van der Waals surface area contributed by atoms with Crippen molar-refractivity contribution in [1.82, 2.24) is 20.6 Å². The fourth-order valence-corrected chi connectivity index (χ4v) is 2.46. The van der Waals surface area contributed by atoms with Gasteiger partial charge in [0.15, 0.2) is 11.5 Å². The van der Waals surface area contributed by atoms with Gasteiger partial charge >= 0.3 is 0 Å². The van der Waals surface area contributed by atoms with Crippen LogP contribution in [0.4, 0.5) is 5.95 Å². The number of hydrogen-bond acceptors (Lipinski definition) is 6. The van der Waals surface area contributed by atoms with Crippen molar-refractivity contribution in [2.45, 2.75) is 20.1 Å². The number of halogens is 1. The zero-order valence-electron chi connectivity index (χ0n) is 13.9. The van der Waals surface area contributed by atoms with Crippen LogP contribution in [-0.4, -0.2) is 27.7 Å². The molecule has 0 fully saturated rings. The lowest BCUT2D eigenvalue weighted by molar-refractivity contribution is 0.284. The molecule has 0 bridgehead atoms. The second-order valence-electron chi connectivity index (χ2n) is 5.46. The zero-order valence-corrected chi connectivity index (χ0v) is 14.7. The van der Waals surface area contributed by atoms with Crippen LogP contribution in [0.25, 0.3) is 0 Å². The number of aryl methyl sites for hydroxylation is 1. The van der Waals surface area contributed by atoms with Crippen molar-refractivity contribution in [3.05, 3.63) is 58.1 Å². The van der Waals surface area contributed by atoms with Gasteiger partial charge in [-0.25, -0.2) is 0 Å². The van der Waals surface area contributed by atoms with Crippen LogP contribution >= 0.6 is 11.6 Å². The predicted octanol–water partition coefficient (Wildman–Crippen LogP) is 3.36. The highest BCUT2D eigenvalue weighted by Gasteiger charge is 2.11. The van der Waals surface area contributed by atoms with Crippen LogP contribution in [0.15, 0.2) is 36.4 Å². The number of methoxy groups -OCH3 is 1. The second-order valence-corrected chi connectivity index (χ2v) is 5.86. The molecule has 25 heavy (non-hydrogen) atoms. The first-order valence-electron chi connectivity index (χ1n) is 7.68. The van der Waals surface area contributed by atoms with Crippen molar-refractivity contribution >= 4 is 17.5 Å². The summed E-state index contributed by atoms with van der Waals surface area (Å²) in [6, 6.07) is 11.8. The average Bonchev–Trinajstić information content (AvgIpc) is 3.14. The van der Waals surface area contributed by atoms with Gasteiger partial charge in [-0.1, -0.05) is 46.5 Å². The minimum absolute atomic E-state index is 0.398. The van der Waals surface area contributed by atoms with E-state index in [1.54, 1.807) is 13.2 Å². The van der Waals surface area contributed by atoms with Crippen LogP contribution in [-0.2, 0) is 13.2 Å². The molecule has 0 saturated heterocycles. The van der Waals surface area contributed by atoms with Crippen LogP contribution in [0.2, 0.25) is 5.02 Å². The summed E-state index contributed by atoms with van der Waals surface area (Å²) >= 11 is 6.36. The summed E-state index contributed by atoms with van der Waals surface area (Å²) in [5, 5.41) is 17.1. The number of tetrazole rings is 1. The highest BCUT2D eigenvalue weighted by atomic mass is 35.5. The van der Waals surface area contributed by atoms with Gasteiger partial charge in [0.25, 0.3) is 5.95 Å². The molecule has 0 atom stereocenters. The molecule has 0 unspecified atom stereocenters. The molecular formula is C17H18ClN5O2. The first kappa shape index (κ1) is 17.0. The number of aromatic nitrogens is 4. The topological polar surface area (TPSA) is 85.0 Å². The van der Waals surface area contributed by atoms with Crippen LogP contribution in [0.1, 0.15) is 16.7 Å². The highest BCUT2D eigenvalue weighted by molar-refractivity contribution is 6.31. The van der Waals surface area contributed by atoms with Crippen LogP contribution in [0.5, 0.6) is 11.5 Å². The summed E-state index contributed by atoms with van der Waals surface area (Å²) in [5.41, 5.74) is 3.13. The molecule has 2 aromatic carbocycles. The molecule has 130 valence electrons. The molecule has 0 amide bonds. The quantitative estimate of drug-likeness (QED) is 0.672. The summed E-state index contributed by atoms with van der Waals surface area (Å²) in [5.74, 6) is 1.60. The number of aromatic amines is 1. The number of nitrogens with zero attached hydrogens (tertiary/aromatic N) is 3. The van der Waals surface area contributed by atoms with E-state index >= 15 is 0 Å². The Bertz CT molecular complexity index is 822. The summed E-state index contributed by atoms with van der Waals surface area (Å²) in [4.78, 5) is 0. The van der Waals surface area contributed by atoms with E-state index in [2.05, 4.69) is 45.0 Å².